The fraction of sp³-hybridized carbons (Fsp3) is 0.417. The molecule has 0 amide bonds. The third-order valence-electron chi connectivity index (χ3n) is 2.36. The Morgan fingerprint density at radius 2 is 2.00 bits per heavy atom. The molecule has 0 aliphatic rings. The number of rotatable bonds is 4. The quantitative estimate of drug-likeness (QED) is 0.815. The topological polar surface area (TPSA) is 26.3 Å². The van der Waals surface area contributed by atoms with Crippen LogP contribution in [0.15, 0.2) is 18.2 Å². The minimum absolute atomic E-state index is 0.00745. The first-order chi connectivity index (χ1) is 7.84. The average molecular weight is 246 g/mol. The number of hydrogen-bond acceptors (Lipinski definition) is 2. The number of Topliss-reactive ketones (excluding diaryl/α,β-unsaturated/α-hetero) is 1. The molecule has 0 aliphatic heterocycles. The van der Waals surface area contributed by atoms with Crippen LogP contribution in [0.3, 0.4) is 0 Å². The molecule has 1 aromatic rings. The summed E-state index contributed by atoms with van der Waals surface area (Å²) in [5, 5.41) is 0. The van der Waals surface area contributed by atoms with E-state index in [2.05, 4.69) is 0 Å². The Labute approximate surface area is 97.4 Å². The highest BCUT2D eigenvalue weighted by Crippen LogP contribution is 2.33. The van der Waals surface area contributed by atoms with Crippen LogP contribution in [-0.4, -0.2) is 12.9 Å². The third kappa shape index (κ3) is 3.76. The van der Waals surface area contributed by atoms with Crippen molar-refractivity contribution in [2.45, 2.75) is 25.9 Å². The fourth-order valence-electron chi connectivity index (χ4n) is 1.44. The first kappa shape index (κ1) is 13.5. The molecule has 0 saturated carbocycles. The molecule has 1 aromatic carbocycles. The van der Waals surface area contributed by atoms with Crippen LogP contribution < -0.4 is 4.74 Å². The van der Waals surface area contributed by atoms with Crippen LogP contribution in [0.1, 0.15) is 24.5 Å². The minimum atomic E-state index is -4.38. The Morgan fingerprint density at radius 3 is 2.47 bits per heavy atom. The van der Waals surface area contributed by atoms with E-state index >= 15 is 0 Å². The molecule has 5 heteroatoms. The normalized spacial score (nSPS) is 11.4. The van der Waals surface area contributed by atoms with E-state index in [-0.39, 0.29) is 11.5 Å². The number of hydrogen-bond donors (Lipinski definition) is 0. The highest BCUT2D eigenvalue weighted by Gasteiger charge is 2.31. The summed E-state index contributed by atoms with van der Waals surface area (Å²) in [6.07, 6.45) is -3.70. The second-order valence-corrected chi connectivity index (χ2v) is 3.73. The molecule has 1 rings (SSSR count). The molecule has 0 heterocycles. The lowest BCUT2D eigenvalue weighted by Crippen LogP contribution is -2.06. The van der Waals surface area contributed by atoms with Crippen LogP contribution in [0, 0.1) is 0 Å². The summed E-state index contributed by atoms with van der Waals surface area (Å²) in [6, 6.07) is 3.30. The number of methoxy groups -OCH3 is 1. The van der Waals surface area contributed by atoms with Crippen molar-refractivity contribution < 1.29 is 22.7 Å². The largest absolute Gasteiger partial charge is 0.496 e. The molecule has 0 N–H and O–H groups in total. The predicted molar refractivity (Wildman–Crippen MR) is 57.0 cm³/mol. The van der Waals surface area contributed by atoms with Crippen molar-refractivity contribution in [3.05, 3.63) is 29.3 Å². The number of carbonyl (C=O) groups excluding carboxylic acids is 1. The second kappa shape index (κ2) is 5.21. The molecular weight excluding hydrogens is 233 g/mol. The number of carbonyl (C=O) groups is 1. The van der Waals surface area contributed by atoms with Gasteiger partial charge in [0.1, 0.15) is 11.5 Å². The van der Waals surface area contributed by atoms with E-state index < -0.39 is 11.7 Å². The Morgan fingerprint density at radius 1 is 1.35 bits per heavy atom. The van der Waals surface area contributed by atoms with Gasteiger partial charge in [-0.3, -0.25) is 0 Å². The molecule has 0 atom stereocenters. The summed E-state index contributed by atoms with van der Waals surface area (Å²) in [5.74, 6) is 0.160. The highest BCUT2D eigenvalue weighted by molar-refractivity contribution is 5.75. The Balaban J connectivity index is 2.97. The van der Waals surface area contributed by atoms with Crippen molar-refractivity contribution in [1.29, 1.82) is 0 Å². The van der Waals surface area contributed by atoms with Gasteiger partial charge in [-0.05, 0) is 31.0 Å². The van der Waals surface area contributed by atoms with Gasteiger partial charge in [-0.2, -0.15) is 13.2 Å². The van der Waals surface area contributed by atoms with Gasteiger partial charge in [-0.15, -0.1) is 0 Å². The van der Waals surface area contributed by atoms with Crippen LogP contribution in [-0.2, 0) is 17.4 Å². The van der Waals surface area contributed by atoms with Crippen LogP contribution in [0.5, 0.6) is 5.75 Å². The number of alkyl halides is 3. The van der Waals surface area contributed by atoms with Crippen LogP contribution in [0.4, 0.5) is 13.2 Å². The molecule has 0 aromatic heterocycles. The van der Waals surface area contributed by atoms with Gasteiger partial charge in [0.15, 0.2) is 0 Å². The third-order valence-corrected chi connectivity index (χ3v) is 2.36. The molecule has 0 fully saturated rings. The van der Waals surface area contributed by atoms with Crippen molar-refractivity contribution in [2.75, 3.05) is 7.11 Å². The van der Waals surface area contributed by atoms with Crippen molar-refractivity contribution in [1.82, 2.24) is 0 Å². The summed E-state index contributed by atoms with van der Waals surface area (Å²) in [5.41, 5.74) is -0.142. The van der Waals surface area contributed by atoms with E-state index in [0.717, 1.165) is 12.1 Å². The number of benzene rings is 1. The number of aryl methyl sites for hydroxylation is 1. The van der Waals surface area contributed by atoms with Crippen molar-refractivity contribution in [3.8, 4) is 5.75 Å². The summed E-state index contributed by atoms with van der Waals surface area (Å²) in [6.45, 7) is 1.44. The van der Waals surface area contributed by atoms with E-state index in [9.17, 15) is 18.0 Å². The molecule has 0 saturated heterocycles. The fourth-order valence-corrected chi connectivity index (χ4v) is 1.44. The summed E-state index contributed by atoms with van der Waals surface area (Å²) in [4.78, 5) is 10.8. The first-order valence-corrected chi connectivity index (χ1v) is 5.08. The number of halogens is 3. The lowest BCUT2D eigenvalue weighted by atomic mass is 10.0. The first-order valence-electron chi connectivity index (χ1n) is 5.08. The predicted octanol–water partition coefficient (Wildman–Crippen LogP) is 3.24. The molecular formula is C12H13F3O2. The lowest BCUT2D eigenvalue weighted by molar-refractivity contribution is -0.137. The number of ether oxygens (including phenoxy) is 1. The smallest absolute Gasteiger partial charge is 0.416 e. The summed E-state index contributed by atoms with van der Waals surface area (Å²) >= 11 is 0. The zero-order valence-corrected chi connectivity index (χ0v) is 9.60. The summed E-state index contributed by atoms with van der Waals surface area (Å²) in [7, 11) is 1.31. The molecule has 0 unspecified atom stereocenters. The zero-order valence-electron chi connectivity index (χ0n) is 9.60. The molecule has 0 bridgehead atoms. The molecule has 0 aliphatic carbocycles. The average Bonchev–Trinajstić information content (AvgIpc) is 2.24. The van der Waals surface area contributed by atoms with Gasteiger partial charge in [0.25, 0.3) is 0 Å². The number of ketones is 1. The zero-order chi connectivity index (χ0) is 13.1. The van der Waals surface area contributed by atoms with Gasteiger partial charge in [0.05, 0.1) is 12.7 Å². The van der Waals surface area contributed by atoms with Gasteiger partial charge >= 0.3 is 6.18 Å². The Kier molecular flexibility index (Phi) is 4.15. The van der Waals surface area contributed by atoms with E-state index in [0.29, 0.717) is 18.4 Å². The van der Waals surface area contributed by atoms with Crippen LogP contribution in [0.2, 0.25) is 0 Å². The van der Waals surface area contributed by atoms with Crippen molar-refractivity contribution >= 4 is 5.78 Å². The molecule has 17 heavy (non-hydrogen) atoms. The minimum Gasteiger partial charge on any atom is -0.496 e. The maximum Gasteiger partial charge on any atom is 0.416 e. The van der Waals surface area contributed by atoms with Crippen LogP contribution >= 0.6 is 0 Å². The van der Waals surface area contributed by atoms with Gasteiger partial charge in [-0.25, -0.2) is 0 Å². The van der Waals surface area contributed by atoms with E-state index in [1.807, 2.05) is 0 Å². The van der Waals surface area contributed by atoms with E-state index in [1.54, 1.807) is 0 Å². The van der Waals surface area contributed by atoms with Gasteiger partial charge in [-0.1, -0.05) is 6.07 Å². The van der Waals surface area contributed by atoms with Crippen molar-refractivity contribution in [3.63, 3.8) is 0 Å². The van der Waals surface area contributed by atoms with Gasteiger partial charge < -0.3 is 9.53 Å². The molecule has 0 spiro atoms. The monoisotopic (exact) mass is 246 g/mol. The molecule has 94 valence electrons. The maximum absolute atomic E-state index is 12.4. The Hall–Kier alpha value is -1.52. The van der Waals surface area contributed by atoms with E-state index in [1.165, 1.54) is 20.1 Å². The highest BCUT2D eigenvalue weighted by atomic mass is 19.4. The standard InChI is InChI=1S/C12H13F3O2/c1-8(16)3-4-9-5-6-10(12(13,14)15)7-11(9)17-2/h5-7H,3-4H2,1-2H3. The van der Waals surface area contributed by atoms with Gasteiger partial charge in [0.2, 0.25) is 0 Å². The molecule has 0 radical (unpaired) electrons. The van der Waals surface area contributed by atoms with E-state index in [4.69, 9.17) is 4.74 Å². The van der Waals surface area contributed by atoms with Crippen LogP contribution in [0.25, 0.3) is 0 Å². The summed E-state index contributed by atoms with van der Waals surface area (Å²) < 4.78 is 42.2. The SMILES string of the molecule is COc1cc(C(F)(F)F)ccc1CCC(C)=O. The second-order valence-electron chi connectivity index (χ2n) is 3.73. The van der Waals surface area contributed by atoms with Crippen molar-refractivity contribution in [2.24, 2.45) is 0 Å². The Bertz CT molecular complexity index is 411. The molecule has 2 nitrogen and oxygen atoms in total. The maximum atomic E-state index is 12.4. The lowest BCUT2D eigenvalue weighted by Gasteiger charge is -2.12. The van der Waals surface area contributed by atoms with Gasteiger partial charge in [0, 0.05) is 6.42 Å².